The maximum atomic E-state index is 5.73. The molecule has 21 heavy (non-hydrogen) atoms. The third kappa shape index (κ3) is 3.22. The molecular formula is C15H22N2O4. The van der Waals surface area contributed by atoms with Crippen LogP contribution in [0.25, 0.3) is 0 Å². The Bertz CT molecular complexity index is 491. The molecule has 1 aromatic carbocycles. The lowest BCUT2D eigenvalue weighted by Gasteiger charge is -2.24. The van der Waals surface area contributed by atoms with E-state index < -0.39 is 0 Å². The van der Waals surface area contributed by atoms with Crippen molar-refractivity contribution >= 4 is 0 Å². The number of benzene rings is 1. The molecule has 1 aliphatic heterocycles. The van der Waals surface area contributed by atoms with Crippen molar-refractivity contribution in [3.8, 4) is 17.2 Å². The summed E-state index contributed by atoms with van der Waals surface area (Å²) >= 11 is 0. The molecule has 6 heteroatoms. The van der Waals surface area contributed by atoms with Crippen molar-refractivity contribution in [1.29, 1.82) is 0 Å². The summed E-state index contributed by atoms with van der Waals surface area (Å²) in [4.78, 5) is 0. The molecule has 0 spiro atoms. The average molecular weight is 294 g/mol. The number of hydrazine groups is 1. The Morgan fingerprint density at radius 1 is 1.14 bits per heavy atom. The maximum absolute atomic E-state index is 5.73. The minimum Gasteiger partial charge on any atom is -0.501 e. The summed E-state index contributed by atoms with van der Waals surface area (Å²) in [6, 6.07) is 3.63. The van der Waals surface area contributed by atoms with Gasteiger partial charge in [0, 0.05) is 0 Å². The Hall–Kier alpha value is -1.92. The van der Waals surface area contributed by atoms with E-state index in [1.54, 1.807) is 27.6 Å². The van der Waals surface area contributed by atoms with Gasteiger partial charge >= 0.3 is 0 Å². The van der Waals surface area contributed by atoms with Crippen LogP contribution in [0.15, 0.2) is 24.0 Å². The van der Waals surface area contributed by atoms with E-state index in [1.807, 2.05) is 12.1 Å². The fourth-order valence-electron chi connectivity index (χ4n) is 2.48. The molecule has 6 nitrogen and oxygen atoms in total. The highest BCUT2D eigenvalue weighted by atomic mass is 16.5. The van der Waals surface area contributed by atoms with Crippen molar-refractivity contribution in [2.45, 2.75) is 18.9 Å². The van der Waals surface area contributed by atoms with Gasteiger partial charge in [-0.25, -0.2) is 5.43 Å². The lowest BCUT2D eigenvalue weighted by molar-refractivity contribution is 0.219. The van der Waals surface area contributed by atoms with E-state index in [2.05, 4.69) is 5.43 Å². The van der Waals surface area contributed by atoms with Gasteiger partial charge in [-0.1, -0.05) is 0 Å². The van der Waals surface area contributed by atoms with Gasteiger partial charge in [0.05, 0.1) is 40.2 Å². The predicted octanol–water partition coefficient (Wildman–Crippen LogP) is 1.91. The van der Waals surface area contributed by atoms with E-state index in [1.165, 1.54) is 0 Å². The molecule has 3 N–H and O–H groups in total. The molecule has 1 heterocycles. The van der Waals surface area contributed by atoms with Crippen LogP contribution in [-0.4, -0.2) is 27.9 Å². The van der Waals surface area contributed by atoms with Crippen molar-refractivity contribution in [1.82, 2.24) is 5.43 Å². The van der Waals surface area contributed by atoms with Gasteiger partial charge < -0.3 is 18.9 Å². The molecule has 0 aromatic heterocycles. The van der Waals surface area contributed by atoms with Crippen LogP contribution in [0.5, 0.6) is 17.2 Å². The minimum atomic E-state index is -0.154. The number of nitrogens with two attached hydrogens (primary N) is 1. The normalized spacial score (nSPS) is 15.7. The van der Waals surface area contributed by atoms with E-state index in [0.29, 0.717) is 17.2 Å². The fraction of sp³-hybridized carbons (Fsp3) is 0.467. The van der Waals surface area contributed by atoms with E-state index in [0.717, 1.165) is 30.6 Å². The highest BCUT2D eigenvalue weighted by Crippen LogP contribution is 2.41. The van der Waals surface area contributed by atoms with Crippen LogP contribution in [0, 0.1) is 0 Å². The van der Waals surface area contributed by atoms with E-state index in [4.69, 9.17) is 24.8 Å². The molecule has 0 radical (unpaired) electrons. The fourth-order valence-corrected chi connectivity index (χ4v) is 2.48. The zero-order valence-electron chi connectivity index (χ0n) is 12.6. The summed E-state index contributed by atoms with van der Waals surface area (Å²) in [6.45, 7) is 0.746. The molecular weight excluding hydrogens is 272 g/mol. The quantitative estimate of drug-likeness (QED) is 0.616. The van der Waals surface area contributed by atoms with Crippen LogP contribution in [0.1, 0.15) is 24.4 Å². The first-order valence-electron chi connectivity index (χ1n) is 6.81. The van der Waals surface area contributed by atoms with Gasteiger partial charge in [0.25, 0.3) is 0 Å². The summed E-state index contributed by atoms with van der Waals surface area (Å²) in [7, 11) is 4.76. The average Bonchev–Trinajstić information content (AvgIpc) is 2.55. The Labute approximate surface area is 124 Å². The Morgan fingerprint density at radius 2 is 1.81 bits per heavy atom. The number of hydrogen-bond acceptors (Lipinski definition) is 6. The highest BCUT2D eigenvalue weighted by molar-refractivity contribution is 5.55. The van der Waals surface area contributed by atoms with Crippen LogP contribution in [0.4, 0.5) is 0 Å². The summed E-state index contributed by atoms with van der Waals surface area (Å²) < 4.78 is 21.5. The van der Waals surface area contributed by atoms with Crippen molar-refractivity contribution in [3.63, 3.8) is 0 Å². The summed E-state index contributed by atoms with van der Waals surface area (Å²) in [5, 5.41) is 0. The summed E-state index contributed by atoms with van der Waals surface area (Å²) in [5.74, 6) is 7.50. The van der Waals surface area contributed by atoms with Crippen molar-refractivity contribution in [2.24, 2.45) is 5.84 Å². The second-order valence-electron chi connectivity index (χ2n) is 4.73. The molecule has 0 saturated carbocycles. The number of hydrogen-bond donors (Lipinski definition) is 2. The van der Waals surface area contributed by atoms with Gasteiger partial charge in [-0.05, 0) is 36.1 Å². The largest absolute Gasteiger partial charge is 0.501 e. The molecule has 1 unspecified atom stereocenters. The van der Waals surface area contributed by atoms with Gasteiger partial charge in [0.1, 0.15) is 0 Å². The lowest BCUT2D eigenvalue weighted by atomic mass is 9.95. The van der Waals surface area contributed by atoms with Crippen LogP contribution in [0.2, 0.25) is 0 Å². The van der Waals surface area contributed by atoms with Crippen LogP contribution >= 0.6 is 0 Å². The monoisotopic (exact) mass is 294 g/mol. The van der Waals surface area contributed by atoms with Crippen molar-refractivity contribution in [2.75, 3.05) is 27.9 Å². The highest BCUT2D eigenvalue weighted by Gasteiger charge is 2.22. The van der Waals surface area contributed by atoms with Crippen LogP contribution in [-0.2, 0) is 4.74 Å². The molecule has 0 aliphatic carbocycles. The first kappa shape index (κ1) is 15.5. The summed E-state index contributed by atoms with van der Waals surface area (Å²) in [6.07, 6.45) is 3.69. The Kier molecular flexibility index (Phi) is 5.30. The Balaban J connectivity index is 2.43. The second-order valence-corrected chi connectivity index (χ2v) is 4.73. The molecule has 2 rings (SSSR count). The first-order valence-corrected chi connectivity index (χ1v) is 6.81. The van der Waals surface area contributed by atoms with E-state index in [-0.39, 0.29) is 6.04 Å². The minimum absolute atomic E-state index is 0.154. The zero-order valence-corrected chi connectivity index (χ0v) is 12.6. The number of nitrogens with one attached hydrogen (secondary N) is 1. The van der Waals surface area contributed by atoms with Crippen LogP contribution < -0.4 is 25.5 Å². The molecule has 116 valence electrons. The SMILES string of the molecule is COc1cc(C(NN)C2=COCCC2)cc(OC)c1OC. The second kappa shape index (κ2) is 7.19. The predicted molar refractivity (Wildman–Crippen MR) is 79.4 cm³/mol. The molecule has 0 saturated heterocycles. The van der Waals surface area contributed by atoms with Crippen molar-refractivity contribution < 1.29 is 18.9 Å². The van der Waals surface area contributed by atoms with E-state index >= 15 is 0 Å². The van der Waals surface area contributed by atoms with Gasteiger partial charge in [-0.3, -0.25) is 5.84 Å². The molecule has 0 bridgehead atoms. The standard InChI is InChI=1S/C15H22N2O4/c1-18-12-7-11(8-13(19-2)15(12)20-3)14(17-16)10-5-4-6-21-9-10/h7-9,14,17H,4-6,16H2,1-3H3. The molecule has 1 aromatic rings. The number of methoxy groups -OCH3 is 3. The maximum Gasteiger partial charge on any atom is 0.203 e. The van der Waals surface area contributed by atoms with E-state index in [9.17, 15) is 0 Å². The number of ether oxygens (including phenoxy) is 4. The van der Waals surface area contributed by atoms with Crippen LogP contribution in [0.3, 0.4) is 0 Å². The molecule has 1 aliphatic rings. The topological polar surface area (TPSA) is 75.0 Å². The molecule has 0 fully saturated rings. The smallest absolute Gasteiger partial charge is 0.203 e. The number of rotatable bonds is 6. The third-order valence-electron chi connectivity index (χ3n) is 3.52. The first-order chi connectivity index (χ1) is 10.2. The van der Waals surface area contributed by atoms with Gasteiger partial charge in [-0.15, -0.1) is 0 Å². The van der Waals surface area contributed by atoms with Gasteiger partial charge in [0.2, 0.25) is 5.75 Å². The lowest BCUT2D eigenvalue weighted by Crippen LogP contribution is -2.30. The summed E-state index contributed by atoms with van der Waals surface area (Å²) in [5.41, 5.74) is 4.86. The van der Waals surface area contributed by atoms with Gasteiger partial charge in [-0.2, -0.15) is 0 Å². The molecule has 0 amide bonds. The van der Waals surface area contributed by atoms with Crippen molar-refractivity contribution in [3.05, 3.63) is 29.5 Å². The Morgan fingerprint density at radius 3 is 2.24 bits per heavy atom. The molecule has 1 atom stereocenters. The van der Waals surface area contributed by atoms with Gasteiger partial charge in [0.15, 0.2) is 11.5 Å². The zero-order chi connectivity index (χ0) is 15.2. The third-order valence-corrected chi connectivity index (χ3v) is 3.52.